The molecule has 5 nitrogen and oxygen atoms in total. The summed E-state index contributed by atoms with van der Waals surface area (Å²) in [7, 11) is 0. The highest BCUT2D eigenvalue weighted by atomic mass is 35.5. The zero-order valence-electron chi connectivity index (χ0n) is 15.9. The zero-order valence-corrected chi connectivity index (χ0v) is 16.7. The summed E-state index contributed by atoms with van der Waals surface area (Å²) in [6, 6.07) is 7.19. The van der Waals surface area contributed by atoms with Crippen molar-refractivity contribution < 1.29 is 9.59 Å². The van der Waals surface area contributed by atoms with Crippen molar-refractivity contribution in [1.29, 1.82) is 0 Å². The van der Waals surface area contributed by atoms with Gasteiger partial charge in [0.25, 0.3) is 5.91 Å². The van der Waals surface area contributed by atoms with E-state index in [4.69, 9.17) is 5.73 Å². The van der Waals surface area contributed by atoms with Gasteiger partial charge in [-0.2, -0.15) is 0 Å². The predicted octanol–water partition coefficient (Wildman–Crippen LogP) is 3.83. The number of carbonyl (C=O) groups is 2. The van der Waals surface area contributed by atoms with Gasteiger partial charge in [0.15, 0.2) is 0 Å². The second-order valence-electron chi connectivity index (χ2n) is 7.05. The monoisotopic (exact) mass is 381 g/mol. The molecule has 3 N–H and O–H groups in total. The van der Waals surface area contributed by atoms with Crippen LogP contribution in [0.1, 0.15) is 62.7 Å². The first kappa shape index (κ1) is 22.5. The number of hydrogen-bond acceptors (Lipinski definition) is 3. The Kier molecular flexibility index (Phi) is 9.09. The van der Waals surface area contributed by atoms with Crippen LogP contribution in [0.5, 0.6) is 0 Å². The van der Waals surface area contributed by atoms with Crippen molar-refractivity contribution in [1.82, 2.24) is 4.90 Å². The smallest absolute Gasteiger partial charge is 0.253 e. The number of halogens is 1. The third-order valence-corrected chi connectivity index (χ3v) is 5.33. The fourth-order valence-electron chi connectivity index (χ4n) is 3.72. The Balaban J connectivity index is 0.00000338. The van der Waals surface area contributed by atoms with E-state index in [1.165, 1.54) is 6.42 Å². The highest BCUT2D eigenvalue weighted by Crippen LogP contribution is 2.38. The van der Waals surface area contributed by atoms with E-state index in [1.54, 1.807) is 17.0 Å². The Labute approximate surface area is 163 Å². The van der Waals surface area contributed by atoms with Crippen LogP contribution in [0, 0.1) is 5.41 Å². The van der Waals surface area contributed by atoms with Gasteiger partial charge in [0.1, 0.15) is 0 Å². The SMILES string of the molecule is CCN(CC)C(=O)c1cccc(NC(=O)CC2(CN)CCCCC2)c1.Cl. The van der Waals surface area contributed by atoms with Gasteiger partial charge in [-0.25, -0.2) is 0 Å². The maximum Gasteiger partial charge on any atom is 0.253 e. The van der Waals surface area contributed by atoms with E-state index in [-0.39, 0.29) is 29.6 Å². The maximum atomic E-state index is 12.5. The van der Waals surface area contributed by atoms with Gasteiger partial charge in [0, 0.05) is 30.8 Å². The largest absolute Gasteiger partial charge is 0.339 e. The van der Waals surface area contributed by atoms with Crippen LogP contribution in [-0.4, -0.2) is 36.3 Å². The summed E-state index contributed by atoms with van der Waals surface area (Å²) < 4.78 is 0. The Bertz CT molecular complexity index is 596. The number of hydrogen-bond donors (Lipinski definition) is 2. The van der Waals surface area contributed by atoms with Gasteiger partial charge in [0.2, 0.25) is 5.91 Å². The Hall–Kier alpha value is -1.59. The summed E-state index contributed by atoms with van der Waals surface area (Å²) in [5.74, 6) is -0.0217. The van der Waals surface area contributed by atoms with Gasteiger partial charge in [-0.15, -0.1) is 12.4 Å². The average molecular weight is 382 g/mol. The Morgan fingerprint density at radius 1 is 1.15 bits per heavy atom. The van der Waals surface area contributed by atoms with Crippen LogP contribution in [0.3, 0.4) is 0 Å². The molecule has 1 aromatic carbocycles. The number of amides is 2. The first-order valence-electron chi connectivity index (χ1n) is 9.43. The second kappa shape index (κ2) is 10.5. The molecule has 26 heavy (non-hydrogen) atoms. The molecule has 1 saturated carbocycles. The van der Waals surface area contributed by atoms with E-state index in [1.807, 2.05) is 26.0 Å². The third-order valence-electron chi connectivity index (χ3n) is 5.33. The lowest BCUT2D eigenvalue weighted by molar-refractivity contribution is -0.118. The summed E-state index contributed by atoms with van der Waals surface area (Å²) in [4.78, 5) is 26.7. The molecule has 0 heterocycles. The summed E-state index contributed by atoms with van der Waals surface area (Å²) in [5, 5.41) is 2.95. The molecular weight excluding hydrogens is 350 g/mol. The summed E-state index contributed by atoms with van der Waals surface area (Å²) >= 11 is 0. The van der Waals surface area contributed by atoms with Crippen LogP contribution in [0.2, 0.25) is 0 Å². The van der Waals surface area contributed by atoms with Crippen molar-refractivity contribution in [3.05, 3.63) is 29.8 Å². The summed E-state index contributed by atoms with van der Waals surface area (Å²) in [6.45, 7) is 5.82. The number of nitrogens with zero attached hydrogens (tertiary/aromatic N) is 1. The second-order valence-corrected chi connectivity index (χ2v) is 7.05. The molecule has 1 aliphatic carbocycles. The molecule has 146 valence electrons. The molecule has 6 heteroatoms. The minimum absolute atomic E-state index is 0. The molecular formula is C20H32ClN3O2. The fraction of sp³-hybridized carbons (Fsp3) is 0.600. The van der Waals surface area contributed by atoms with E-state index in [2.05, 4.69) is 5.32 Å². The van der Waals surface area contributed by atoms with Gasteiger partial charge >= 0.3 is 0 Å². The number of nitrogens with two attached hydrogens (primary N) is 1. The number of anilines is 1. The van der Waals surface area contributed by atoms with Gasteiger partial charge in [-0.3, -0.25) is 9.59 Å². The number of benzene rings is 1. The zero-order chi connectivity index (χ0) is 18.3. The van der Waals surface area contributed by atoms with Gasteiger partial charge < -0.3 is 16.0 Å². The van der Waals surface area contributed by atoms with Gasteiger partial charge in [0.05, 0.1) is 0 Å². The minimum atomic E-state index is -0.0585. The first-order valence-corrected chi connectivity index (χ1v) is 9.43. The molecule has 1 aliphatic rings. The molecule has 0 saturated heterocycles. The van der Waals surface area contributed by atoms with E-state index in [9.17, 15) is 9.59 Å². The van der Waals surface area contributed by atoms with Gasteiger partial charge in [-0.1, -0.05) is 25.3 Å². The molecule has 0 aromatic heterocycles. The quantitative estimate of drug-likeness (QED) is 0.753. The molecule has 0 spiro atoms. The molecule has 0 bridgehead atoms. The molecule has 2 rings (SSSR count). The van der Waals surface area contributed by atoms with Crippen LogP contribution in [0.4, 0.5) is 5.69 Å². The van der Waals surface area contributed by atoms with Crippen molar-refractivity contribution in [3.8, 4) is 0 Å². The normalized spacial score (nSPS) is 15.7. The van der Waals surface area contributed by atoms with Crippen molar-refractivity contribution in [3.63, 3.8) is 0 Å². The van der Waals surface area contributed by atoms with Crippen LogP contribution in [0.15, 0.2) is 24.3 Å². The molecule has 2 amide bonds. The Morgan fingerprint density at radius 3 is 2.38 bits per heavy atom. The van der Waals surface area contributed by atoms with Crippen molar-refractivity contribution in [2.75, 3.05) is 25.0 Å². The van der Waals surface area contributed by atoms with Gasteiger partial charge in [-0.05, 0) is 56.8 Å². The number of nitrogens with one attached hydrogen (secondary N) is 1. The van der Waals surface area contributed by atoms with Crippen molar-refractivity contribution in [2.24, 2.45) is 11.1 Å². The topological polar surface area (TPSA) is 75.4 Å². The van der Waals surface area contributed by atoms with E-state index < -0.39 is 0 Å². The lowest BCUT2D eigenvalue weighted by atomic mass is 9.71. The van der Waals surface area contributed by atoms with E-state index in [0.717, 1.165) is 25.7 Å². The Morgan fingerprint density at radius 2 is 1.81 bits per heavy atom. The van der Waals surface area contributed by atoms with E-state index >= 15 is 0 Å². The minimum Gasteiger partial charge on any atom is -0.339 e. The van der Waals surface area contributed by atoms with E-state index in [0.29, 0.717) is 37.3 Å². The fourth-order valence-corrected chi connectivity index (χ4v) is 3.72. The average Bonchev–Trinajstić information content (AvgIpc) is 2.63. The maximum absolute atomic E-state index is 12.5. The lowest BCUT2D eigenvalue weighted by Crippen LogP contribution is -2.36. The number of carbonyl (C=O) groups excluding carboxylic acids is 2. The molecule has 0 aliphatic heterocycles. The molecule has 1 fully saturated rings. The molecule has 0 atom stereocenters. The van der Waals surface area contributed by atoms with Crippen molar-refractivity contribution in [2.45, 2.75) is 52.4 Å². The lowest BCUT2D eigenvalue weighted by Gasteiger charge is -2.35. The van der Waals surface area contributed by atoms with Crippen molar-refractivity contribution >= 4 is 29.9 Å². The highest BCUT2D eigenvalue weighted by molar-refractivity contribution is 5.97. The first-order chi connectivity index (χ1) is 12.0. The highest BCUT2D eigenvalue weighted by Gasteiger charge is 2.33. The standard InChI is InChI=1S/C20H31N3O2.ClH/c1-3-23(4-2)19(25)16-9-8-10-17(13-16)22-18(24)14-20(15-21)11-6-5-7-12-20;/h8-10,13H,3-7,11-12,14-15,21H2,1-2H3,(H,22,24);1H. The molecule has 1 aromatic rings. The third kappa shape index (κ3) is 5.71. The number of rotatable bonds is 7. The molecule has 0 unspecified atom stereocenters. The van der Waals surface area contributed by atoms with Crippen LogP contribution in [0.25, 0.3) is 0 Å². The van der Waals surface area contributed by atoms with Crippen LogP contribution in [-0.2, 0) is 4.79 Å². The summed E-state index contributed by atoms with van der Waals surface area (Å²) in [5.41, 5.74) is 7.20. The van der Waals surface area contributed by atoms with Crippen LogP contribution >= 0.6 is 12.4 Å². The van der Waals surface area contributed by atoms with Crippen LogP contribution < -0.4 is 11.1 Å². The molecule has 0 radical (unpaired) electrons. The summed E-state index contributed by atoms with van der Waals surface area (Å²) in [6.07, 6.45) is 6.04. The predicted molar refractivity (Wildman–Crippen MR) is 109 cm³/mol.